The number of fused-ring (bicyclic) bond motifs is 1. The number of carbonyl (C=O) groups excluding carboxylic acids is 1. The molecular formula is C16H22F3N5O. The molecule has 0 spiro atoms. The Hall–Kier alpha value is -2.32. The number of imidazole rings is 1. The van der Waals surface area contributed by atoms with E-state index in [4.69, 9.17) is 0 Å². The Morgan fingerprint density at radius 3 is 2.68 bits per heavy atom. The second-order valence-corrected chi connectivity index (χ2v) is 6.15. The summed E-state index contributed by atoms with van der Waals surface area (Å²) in [5.41, 5.74) is 0.394. The van der Waals surface area contributed by atoms with E-state index in [2.05, 4.69) is 34.4 Å². The van der Waals surface area contributed by atoms with Crippen LogP contribution >= 0.6 is 0 Å². The number of halogens is 3. The van der Waals surface area contributed by atoms with Gasteiger partial charge in [-0.15, -0.1) is 0 Å². The highest BCUT2D eigenvalue weighted by Crippen LogP contribution is 2.30. The summed E-state index contributed by atoms with van der Waals surface area (Å²) < 4.78 is 40.5. The molecule has 2 N–H and O–H groups in total. The number of pyridine rings is 1. The number of alkyl halides is 3. The van der Waals surface area contributed by atoms with Gasteiger partial charge in [-0.3, -0.25) is 0 Å². The van der Waals surface area contributed by atoms with Crippen LogP contribution in [0.15, 0.2) is 18.3 Å². The molecule has 138 valence electrons. The van der Waals surface area contributed by atoms with Crippen LogP contribution in [0.2, 0.25) is 0 Å². The maximum atomic E-state index is 13.1. The third-order valence-electron chi connectivity index (χ3n) is 3.61. The van der Waals surface area contributed by atoms with Crippen LogP contribution in [-0.4, -0.2) is 33.7 Å². The average Bonchev–Trinajstić information content (AvgIpc) is 2.90. The second kappa shape index (κ2) is 8.17. The first-order valence-electron chi connectivity index (χ1n) is 8.19. The number of nitrogens with zero attached hydrogens (tertiary/aromatic N) is 3. The minimum Gasteiger partial charge on any atom is -0.338 e. The van der Waals surface area contributed by atoms with Crippen molar-refractivity contribution in [3.8, 4) is 0 Å². The van der Waals surface area contributed by atoms with Gasteiger partial charge in [0.15, 0.2) is 5.65 Å². The van der Waals surface area contributed by atoms with Gasteiger partial charge in [0.05, 0.1) is 0 Å². The van der Waals surface area contributed by atoms with Gasteiger partial charge < -0.3 is 15.2 Å². The fourth-order valence-corrected chi connectivity index (χ4v) is 2.36. The highest BCUT2D eigenvalue weighted by atomic mass is 19.4. The molecule has 0 radical (unpaired) electrons. The van der Waals surface area contributed by atoms with E-state index in [1.54, 1.807) is 6.07 Å². The van der Waals surface area contributed by atoms with E-state index >= 15 is 0 Å². The maximum absolute atomic E-state index is 13.1. The van der Waals surface area contributed by atoms with Crippen LogP contribution in [0.1, 0.15) is 32.5 Å². The third kappa shape index (κ3) is 5.33. The monoisotopic (exact) mass is 357 g/mol. The summed E-state index contributed by atoms with van der Waals surface area (Å²) in [7, 11) is 0. The Kier molecular flexibility index (Phi) is 6.22. The largest absolute Gasteiger partial charge is 0.449 e. The maximum Gasteiger partial charge on any atom is 0.449 e. The van der Waals surface area contributed by atoms with Gasteiger partial charge in [0.25, 0.3) is 0 Å². The lowest BCUT2D eigenvalue weighted by Crippen LogP contribution is -2.37. The molecule has 9 heteroatoms. The summed E-state index contributed by atoms with van der Waals surface area (Å²) in [6.07, 6.45) is -1.92. The zero-order valence-corrected chi connectivity index (χ0v) is 14.2. The molecule has 25 heavy (non-hydrogen) atoms. The van der Waals surface area contributed by atoms with E-state index in [1.165, 1.54) is 12.3 Å². The zero-order valence-electron chi connectivity index (χ0n) is 14.2. The molecule has 0 aliphatic heterocycles. The van der Waals surface area contributed by atoms with Crippen molar-refractivity contribution in [2.75, 3.05) is 13.1 Å². The summed E-state index contributed by atoms with van der Waals surface area (Å²) in [6.45, 7) is 5.01. The van der Waals surface area contributed by atoms with Crippen molar-refractivity contribution in [3.05, 3.63) is 24.2 Å². The van der Waals surface area contributed by atoms with E-state index in [9.17, 15) is 18.0 Å². The summed E-state index contributed by atoms with van der Waals surface area (Å²) in [6, 6.07) is 2.72. The molecule has 0 atom stereocenters. The Morgan fingerprint density at radius 2 is 2.00 bits per heavy atom. The minimum atomic E-state index is -4.55. The summed E-state index contributed by atoms with van der Waals surface area (Å²) in [4.78, 5) is 19.2. The predicted octanol–water partition coefficient (Wildman–Crippen LogP) is 3.19. The number of hydrogen-bond acceptors (Lipinski definition) is 3. The molecule has 2 amide bonds. The van der Waals surface area contributed by atoms with Gasteiger partial charge in [-0.25, -0.2) is 14.8 Å². The number of hydrogen-bond donors (Lipinski definition) is 2. The molecule has 2 heterocycles. The van der Waals surface area contributed by atoms with Crippen LogP contribution in [-0.2, 0) is 12.7 Å². The molecule has 0 saturated heterocycles. The lowest BCUT2D eigenvalue weighted by Gasteiger charge is -2.12. The molecule has 0 aliphatic rings. The lowest BCUT2D eigenvalue weighted by atomic mass is 10.1. The summed E-state index contributed by atoms with van der Waals surface area (Å²) >= 11 is 0. The molecule has 0 bridgehead atoms. The molecule has 2 aromatic heterocycles. The molecule has 0 aliphatic carbocycles. The molecule has 2 rings (SSSR count). The van der Waals surface area contributed by atoms with E-state index in [-0.39, 0.29) is 30.3 Å². The normalized spacial score (nSPS) is 11.9. The standard InChI is InChI=1S/C16H22F3N5O/c1-11(2)6-9-22-15(25)21-8-4-10-24-13-12(5-3-7-20-13)23-14(24)16(17,18)19/h3,5,7,11H,4,6,8-10H2,1-2H3,(H2,21,22,25). The fraction of sp³-hybridized carbons (Fsp3) is 0.562. The number of aryl methyl sites for hydroxylation is 1. The summed E-state index contributed by atoms with van der Waals surface area (Å²) in [5, 5.41) is 5.35. The van der Waals surface area contributed by atoms with Gasteiger partial charge in [0.1, 0.15) is 5.52 Å². The predicted molar refractivity (Wildman–Crippen MR) is 88.0 cm³/mol. The lowest BCUT2D eigenvalue weighted by molar-refractivity contribution is -0.147. The van der Waals surface area contributed by atoms with Crippen molar-refractivity contribution in [2.24, 2.45) is 5.92 Å². The molecule has 0 unspecified atom stereocenters. The zero-order chi connectivity index (χ0) is 18.4. The average molecular weight is 357 g/mol. The highest BCUT2D eigenvalue weighted by Gasteiger charge is 2.37. The van der Waals surface area contributed by atoms with Crippen LogP contribution in [0.3, 0.4) is 0 Å². The van der Waals surface area contributed by atoms with Crippen LogP contribution in [0, 0.1) is 5.92 Å². The SMILES string of the molecule is CC(C)CCNC(=O)NCCCn1c(C(F)(F)F)nc2cccnc21. The Balaban J connectivity index is 1.91. The number of amides is 2. The van der Waals surface area contributed by atoms with Crippen LogP contribution in [0.5, 0.6) is 0 Å². The van der Waals surface area contributed by atoms with E-state index in [0.29, 0.717) is 18.9 Å². The van der Waals surface area contributed by atoms with Crippen LogP contribution < -0.4 is 10.6 Å². The van der Waals surface area contributed by atoms with Crippen molar-refractivity contribution in [3.63, 3.8) is 0 Å². The first kappa shape index (κ1) is 19.0. The molecule has 2 aromatic rings. The van der Waals surface area contributed by atoms with Crippen molar-refractivity contribution < 1.29 is 18.0 Å². The van der Waals surface area contributed by atoms with E-state index < -0.39 is 12.0 Å². The minimum absolute atomic E-state index is 0.0641. The second-order valence-electron chi connectivity index (χ2n) is 6.15. The Labute approximate surface area is 143 Å². The van der Waals surface area contributed by atoms with Crippen molar-refractivity contribution in [1.82, 2.24) is 25.2 Å². The summed E-state index contributed by atoms with van der Waals surface area (Å²) in [5.74, 6) is -0.481. The number of carbonyl (C=O) groups is 1. The van der Waals surface area contributed by atoms with Gasteiger partial charge in [-0.05, 0) is 30.9 Å². The van der Waals surface area contributed by atoms with Gasteiger partial charge in [-0.1, -0.05) is 13.8 Å². The first-order valence-corrected chi connectivity index (χ1v) is 8.19. The first-order chi connectivity index (χ1) is 11.8. The Bertz CT molecular complexity index is 711. The molecular weight excluding hydrogens is 335 g/mol. The van der Waals surface area contributed by atoms with Gasteiger partial charge in [0, 0.05) is 25.8 Å². The van der Waals surface area contributed by atoms with E-state index in [1.807, 2.05) is 0 Å². The van der Waals surface area contributed by atoms with Gasteiger partial charge >= 0.3 is 12.2 Å². The smallest absolute Gasteiger partial charge is 0.338 e. The van der Waals surface area contributed by atoms with Crippen LogP contribution in [0.4, 0.5) is 18.0 Å². The quantitative estimate of drug-likeness (QED) is 0.748. The molecule has 0 aromatic carbocycles. The van der Waals surface area contributed by atoms with Crippen molar-refractivity contribution >= 4 is 17.2 Å². The molecule has 0 fully saturated rings. The number of urea groups is 1. The molecule has 6 nitrogen and oxygen atoms in total. The van der Waals surface area contributed by atoms with Gasteiger partial charge in [-0.2, -0.15) is 13.2 Å². The van der Waals surface area contributed by atoms with Crippen molar-refractivity contribution in [1.29, 1.82) is 0 Å². The van der Waals surface area contributed by atoms with Crippen LogP contribution in [0.25, 0.3) is 11.2 Å². The highest BCUT2D eigenvalue weighted by molar-refractivity contribution is 5.73. The third-order valence-corrected chi connectivity index (χ3v) is 3.61. The van der Waals surface area contributed by atoms with Crippen molar-refractivity contribution in [2.45, 2.75) is 39.4 Å². The Morgan fingerprint density at radius 1 is 1.28 bits per heavy atom. The fourth-order valence-electron chi connectivity index (χ4n) is 2.36. The number of rotatable bonds is 7. The van der Waals surface area contributed by atoms with E-state index in [0.717, 1.165) is 11.0 Å². The van der Waals surface area contributed by atoms with Gasteiger partial charge in [0.2, 0.25) is 5.82 Å². The topological polar surface area (TPSA) is 71.8 Å². The number of aromatic nitrogens is 3. The molecule has 0 saturated carbocycles. The number of nitrogens with one attached hydrogen (secondary N) is 2.